The Morgan fingerprint density at radius 2 is 2.27 bits per heavy atom. The summed E-state index contributed by atoms with van der Waals surface area (Å²) in [5.41, 5.74) is 1.26. The molecule has 0 spiro atoms. The Morgan fingerprint density at radius 3 is 2.73 bits per heavy atom. The van der Waals surface area contributed by atoms with Gasteiger partial charge < -0.3 is 10.4 Å². The molecule has 0 aliphatic heterocycles. The fourth-order valence-corrected chi connectivity index (χ4v) is 1.80. The van der Waals surface area contributed by atoms with Crippen LogP contribution in [0.2, 0.25) is 0 Å². The highest BCUT2D eigenvalue weighted by atomic mass is 32.1. The topological polar surface area (TPSA) is 49.3 Å². The molecule has 1 amide bonds. The van der Waals surface area contributed by atoms with Crippen LogP contribution in [0.1, 0.15) is 15.9 Å². The highest BCUT2D eigenvalue weighted by Crippen LogP contribution is 2.13. The van der Waals surface area contributed by atoms with E-state index in [0.29, 0.717) is 5.56 Å². The van der Waals surface area contributed by atoms with Crippen molar-refractivity contribution in [2.75, 3.05) is 6.54 Å². The Hall–Kier alpha value is -1.01. The minimum atomic E-state index is -2.84. The second kappa shape index (κ2) is 5.18. The van der Waals surface area contributed by atoms with Crippen molar-refractivity contribution >= 4 is 17.2 Å². The van der Waals surface area contributed by atoms with E-state index >= 15 is 0 Å². The molecule has 0 saturated heterocycles. The van der Waals surface area contributed by atoms with Gasteiger partial charge in [0.1, 0.15) is 6.10 Å². The number of aliphatic hydroxyl groups is 1. The SMILES string of the molecule is Cc1cscc1C(=O)NCC(O)C(F)F. The number of hydrogen-bond donors (Lipinski definition) is 2. The first-order chi connectivity index (χ1) is 7.02. The lowest BCUT2D eigenvalue weighted by Crippen LogP contribution is -2.35. The van der Waals surface area contributed by atoms with Crippen molar-refractivity contribution in [2.45, 2.75) is 19.5 Å². The summed E-state index contributed by atoms with van der Waals surface area (Å²) in [6.07, 6.45) is -4.65. The number of nitrogens with one attached hydrogen (secondary N) is 1. The van der Waals surface area contributed by atoms with Gasteiger partial charge in [0.2, 0.25) is 0 Å². The average Bonchev–Trinajstić information content (AvgIpc) is 2.60. The summed E-state index contributed by atoms with van der Waals surface area (Å²) in [6.45, 7) is 1.32. The summed E-state index contributed by atoms with van der Waals surface area (Å²) in [5.74, 6) is -0.437. The number of halogens is 2. The Morgan fingerprint density at radius 1 is 1.60 bits per heavy atom. The van der Waals surface area contributed by atoms with E-state index in [1.807, 2.05) is 0 Å². The zero-order valence-electron chi connectivity index (χ0n) is 8.04. The molecule has 0 aliphatic carbocycles. The van der Waals surface area contributed by atoms with Crippen molar-refractivity contribution < 1.29 is 18.7 Å². The van der Waals surface area contributed by atoms with Crippen LogP contribution in [0.3, 0.4) is 0 Å². The van der Waals surface area contributed by atoms with Crippen molar-refractivity contribution in [2.24, 2.45) is 0 Å². The van der Waals surface area contributed by atoms with Crippen LogP contribution in [0.4, 0.5) is 8.78 Å². The number of rotatable bonds is 4. The Labute approximate surface area is 89.7 Å². The minimum Gasteiger partial charge on any atom is -0.385 e. The van der Waals surface area contributed by atoms with Crippen molar-refractivity contribution in [3.8, 4) is 0 Å². The van der Waals surface area contributed by atoms with Crippen molar-refractivity contribution in [3.63, 3.8) is 0 Å². The van der Waals surface area contributed by atoms with Crippen LogP contribution >= 0.6 is 11.3 Å². The molecule has 1 aromatic heterocycles. The van der Waals surface area contributed by atoms with Crippen LogP contribution in [0.15, 0.2) is 10.8 Å². The molecule has 3 nitrogen and oxygen atoms in total. The van der Waals surface area contributed by atoms with E-state index in [9.17, 15) is 13.6 Å². The zero-order valence-corrected chi connectivity index (χ0v) is 8.85. The van der Waals surface area contributed by atoms with E-state index in [2.05, 4.69) is 5.32 Å². The van der Waals surface area contributed by atoms with E-state index in [4.69, 9.17) is 5.11 Å². The predicted molar refractivity (Wildman–Crippen MR) is 53.4 cm³/mol. The monoisotopic (exact) mass is 235 g/mol. The summed E-state index contributed by atoms with van der Waals surface area (Å²) in [7, 11) is 0. The van der Waals surface area contributed by atoms with Gasteiger partial charge in [-0.25, -0.2) is 8.78 Å². The summed E-state index contributed by atoms with van der Waals surface area (Å²) >= 11 is 1.36. The lowest BCUT2D eigenvalue weighted by Gasteiger charge is -2.10. The maximum Gasteiger partial charge on any atom is 0.265 e. The molecule has 0 fully saturated rings. The van der Waals surface area contributed by atoms with E-state index in [-0.39, 0.29) is 0 Å². The molecule has 0 radical (unpaired) electrons. The van der Waals surface area contributed by atoms with Crippen molar-refractivity contribution in [3.05, 3.63) is 21.9 Å². The van der Waals surface area contributed by atoms with Gasteiger partial charge in [0.15, 0.2) is 0 Å². The van der Waals surface area contributed by atoms with E-state index in [1.54, 1.807) is 17.7 Å². The first-order valence-corrected chi connectivity index (χ1v) is 5.24. The van der Waals surface area contributed by atoms with Gasteiger partial charge in [0, 0.05) is 11.9 Å². The Bertz CT molecular complexity index is 341. The molecule has 6 heteroatoms. The summed E-state index contributed by atoms with van der Waals surface area (Å²) in [6, 6.07) is 0. The van der Waals surface area contributed by atoms with Gasteiger partial charge in [-0.15, -0.1) is 0 Å². The molecular weight excluding hydrogens is 224 g/mol. The highest BCUT2D eigenvalue weighted by Gasteiger charge is 2.18. The molecule has 1 unspecified atom stereocenters. The Balaban J connectivity index is 2.47. The van der Waals surface area contributed by atoms with Gasteiger partial charge in [-0.1, -0.05) is 0 Å². The molecule has 2 N–H and O–H groups in total. The minimum absolute atomic E-state index is 0.437. The number of carbonyl (C=O) groups excluding carboxylic acids is 1. The third-order valence-corrected chi connectivity index (χ3v) is 2.72. The predicted octanol–water partition coefficient (Wildman–Crippen LogP) is 1.41. The normalized spacial score (nSPS) is 12.9. The number of hydrogen-bond acceptors (Lipinski definition) is 3. The lowest BCUT2D eigenvalue weighted by molar-refractivity contribution is -0.00270. The molecular formula is C9H11F2NO2S. The first-order valence-electron chi connectivity index (χ1n) is 4.29. The van der Waals surface area contributed by atoms with E-state index < -0.39 is 25.0 Å². The van der Waals surface area contributed by atoms with E-state index in [1.165, 1.54) is 11.3 Å². The average molecular weight is 235 g/mol. The van der Waals surface area contributed by atoms with Crippen LogP contribution in [0, 0.1) is 6.92 Å². The van der Waals surface area contributed by atoms with Gasteiger partial charge in [0.05, 0.1) is 5.56 Å². The molecule has 0 aliphatic rings. The van der Waals surface area contributed by atoms with Crippen LogP contribution in [-0.2, 0) is 0 Å². The van der Waals surface area contributed by atoms with Gasteiger partial charge >= 0.3 is 0 Å². The smallest absolute Gasteiger partial charge is 0.265 e. The van der Waals surface area contributed by atoms with Crippen LogP contribution < -0.4 is 5.32 Å². The van der Waals surface area contributed by atoms with Crippen LogP contribution in [-0.4, -0.2) is 30.1 Å². The van der Waals surface area contributed by atoms with Gasteiger partial charge in [-0.2, -0.15) is 11.3 Å². The number of thiophene rings is 1. The molecule has 84 valence electrons. The number of aryl methyl sites for hydroxylation is 1. The molecule has 1 aromatic rings. The third kappa shape index (κ3) is 3.24. The standard InChI is InChI=1S/C9H11F2NO2S/c1-5-3-15-4-6(5)9(14)12-2-7(13)8(10)11/h3-4,7-8,13H,2H2,1H3,(H,12,14). The van der Waals surface area contributed by atoms with Crippen molar-refractivity contribution in [1.29, 1.82) is 0 Å². The Kier molecular flexibility index (Phi) is 4.16. The third-order valence-electron chi connectivity index (χ3n) is 1.86. The second-order valence-corrected chi connectivity index (χ2v) is 3.82. The molecule has 1 rings (SSSR count). The van der Waals surface area contributed by atoms with Gasteiger partial charge in [0.25, 0.3) is 12.3 Å². The second-order valence-electron chi connectivity index (χ2n) is 3.08. The number of aliphatic hydroxyl groups excluding tert-OH is 1. The first kappa shape index (κ1) is 12.1. The molecule has 1 atom stereocenters. The van der Waals surface area contributed by atoms with Gasteiger partial charge in [-0.05, 0) is 17.9 Å². The molecule has 1 heterocycles. The number of carbonyl (C=O) groups is 1. The fourth-order valence-electron chi connectivity index (χ4n) is 0.975. The largest absolute Gasteiger partial charge is 0.385 e. The van der Waals surface area contributed by atoms with E-state index in [0.717, 1.165) is 5.56 Å². The van der Waals surface area contributed by atoms with Crippen LogP contribution in [0.25, 0.3) is 0 Å². The summed E-state index contributed by atoms with van der Waals surface area (Å²) in [4.78, 5) is 11.4. The van der Waals surface area contributed by atoms with Crippen molar-refractivity contribution in [1.82, 2.24) is 5.32 Å². The summed E-state index contributed by atoms with van der Waals surface area (Å²) < 4.78 is 23.8. The lowest BCUT2D eigenvalue weighted by atomic mass is 10.2. The quantitative estimate of drug-likeness (QED) is 0.829. The summed E-state index contributed by atoms with van der Waals surface area (Å²) in [5, 5.41) is 14.5. The molecule has 15 heavy (non-hydrogen) atoms. The molecule has 0 bridgehead atoms. The maximum absolute atomic E-state index is 11.9. The number of amides is 1. The van der Waals surface area contributed by atoms with Crippen LogP contribution in [0.5, 0.6) is 0 Å². The maximum atomic E-state index is 11.9. The fraction of sp³-hybridized carbons (Fsp3) is 0.444. The molecule has 0 saturated carbocycles. The number of alkyl halides is 2. The molecule has 0 aromatic carbocycles. The van der Waals surface area contributed by atoms with Gasteiger partial charge in [-0.3, -0.25) is 4.79 Å². The highest BCUT2D eigenvalue weighted by molar-refractivity contribution is 7.08. The zero-order chi connectivity index (χ0) is 11.4.